The molecule has 0 spiro atoms. The number of aromatic nitrogens is 5. The maximum atomic E-state index is 14.0. The van der Waals surface area contributed by atoms with Gasteiger partial charge < -0.3 is 15.2 Å². The van der Waals surface area contributed by atoms with Crippen LogP contribution in [0.1, 0.15) is 67.5 Å². The highest BCUT2D eigenvalue weighted by atomic mass is 35.5. The SMILES string of the molecule is COc1nc(-c2cccc(-c3cccc(Nc4nc(C(F)F)nc5c4c(=O)n(C)c(=O)n5C)c3C)c2Cl)cc2c1CCN(CCC13CCC(C(=O)O)(CC1)C3)C2. The van der Waals surface area contributed by atoms with Crippen LogP contribution in [0, 0.1) is 17.8 Å². The molecule has 0 atom stereocenters. The monoisotopic (exact) mass is 785 g/mol. The third-order valence-electron chi connectivity index (χ3n) is 12.5. The first kappa shape index (κ1) is 37.7. The third kappa shape index (κ3) is 6.23. The van der Waals surface area contributed by atoms with Crippen molar-refractivity contribution < 1.29 is 23.4 Å². The van der Waals surface area contributed by atoms with E-state index < -0.39 is 34.9 Å². The van der Waals surface area contributed by atoms with E-state index in [1.807, 2.05) is 31.2 Å². The third-order valence-corrected chi connectivity index (χ3v) is 12.9. The molecule has 0 saturated heterocycles. The smallest absolute Gasteiger partial charge is 0.332 e. The number of methoxy groups -OCH3 is 1. The minimum absolute atomic E-state index is 0.105. The lowest BCUT2D eigenvalue weighted by molar-refractivity contribution is -0.148. The summed E-state index contributed by atoms with van der Waals surface area (Å²) in [5.41, 5.74) is 4.14. The molecule has 56 heavy (non-hydrogen) atoms. The summed E-state index contributed by atoms with van der Waals surface area (Å²) < 4.78 is 35.7. The number of carboxylic acid groups (broad SMARTS) is 1. The van der Waals surface area contributed by atoms with Crippen molar-refractivity contribution in [3.05, 3.63) is 90.8 Å². The van der Waals surface area contributed by atoms with Gasteiger partial charge in [0.1, 0.15) is 11.2 Å². The number of nitrogens with zero attached hydrogens (tertiary/aromatic N) is 6. The number of carbonyl (C=O) groups is 1. The summed E-state index contributed by atoms with van der Waals surface area (Å²) in [4.78, 5) is 53.2. The number of halogens is 3. The van der Waals surface area contributed by atoms with Crippen LogP contribution in [0.5, 0.6) is 5.88 Å². The number of fused-ring (bicyclic) bond motifs is 4. The van der Waals surface area contributed by atoms with E-state index in [1.54, 1.807) is 19.2 Å². The van der Waals surface area contributed by atoms with Crippen molar-refractivity contribution in [3.8, 4) is 28.3 Å². The van der Waals surface area contributed by atoms with Gasteiger partial charge in [-0.05, 0) is 92.7 Å². The Bertz CT molecular complexity index is 2550. The Morgan fingerprint density at radius 3 is 2.43 bits per heavy atom. The maximum Gasteiger partial charge on any atom is 0.332 e. The van der Waals surface area contributed by atoms with Crippen LogP contribution >= 0.6 is 11.6 Å². The molecular weight excluding hydrogens is 744 g/mol. The number of aryl methyl sites for hydroxylation is 1. The summed E-state index contributed by atoms with van der Waals surface area (Å²) in [5.74, 6) is -1.05. The molecule has 1 aliphatic heterocycles. The number of carboxylic acids is 1. The number of alkyl halides is 2. The molecule has 4 heterocycles. The van der Waals surface area contributed by atoms with Gasteiger partial charge in [0, 0.05) is 49.6 Å². The van der Waals surface area contributed by atoms with Gasteiger partial charge in [-0.3, -0.25) is 23.6 Å². The van der Waals surface area contributed by atoms with Crippen molar-refractivity contribution in [1.82, 2.24) is 29.0 Å². The van der Waals surface area contributed by atoms with Crippen LogP contribution in [-0.4, -0.2) is 60.3 Å². The van der Waals surface area contributed by atoms with Crippen molar-refractivity contribution in [2.45, 2.75) is 64.8 Å². The molecule has 3 aliphatic rings. The summed E-state index contributed by atoms with van der Waals surface area (Å²) in [6.45, 7) is 4.33. The van der Waals surface area contributed by atoms with Gasteiger partial charge >= 0.3 is 11.7 Å². The van der Waals surface area contributed by atoms with Crippen molar-refractivity contribution in [2.75, 3.05) is 25.5 Å². The summed E-state index contributed by atoms with van der Waals surface area (Å²) in [6.07, 6.45) is 3.04. The lowest BCUT2D eigenvalue weighted by Gasteiger charge is -2.33. The molecule has 2 aliphatic carbocycles. The van der Waals surface area contributed by atoms with Gasteiger partial charge in [0.15, 0.2) is 11.5 Å². The van der Waals surface area contributed by atoms with Crippen LogP contribution in [0.15, 0.2) is 52.1 Å². The van der Waals surface area contributed by atoms with Gasteiger partial charge in [-0.2, -0.15) is 0 Å². The minimum atomic E-state index is -3.05. The van der Waals surface area contributed by atoms with Gasteiger partial charge in [-0.15, -0.1) is 0 Å². The van der Waals surface area contributed by atoms with Gasteiger partial charge in [-0.1, -0.05) is 41.9 Å². The van der Waals surface area contributed by atoms with E-state index in [0.29, 0.717) is 45.5 Å². The summed E-state index contributed by atoms with van der Waals surface area (Å²) in [7, 11) is 4.28. The molecule has 292 valence electrons. The van der Waals surface area contributed by atoms with Crippen LogP contribution in [-0.2, 0) is 31.9 Å². The van der Waals surface area contributed by atoms with Crippen molar-refractivity contribution in [3.63, 3.8) is 0 Å². The molecule has 2 bridgehead atoms. The Kier molecular flexibility index (Phi) is 9.47. The number of hydrogen-bond donors (Lipinski definition) is 2. The van der Waals surface area contributed by atoms with Crippen molar-refractivity contribution in [1.29, 1.82) is 0 Å². The summed E-state index contributed by atoms with van der Waals surface area (Å²) in [5, 5.41) is 13.3. The van der Waals surface area contributed by atoms with Gasteiger partial charge in [-0.25, -0.2) is 28.5 Å². The molecular formula is C41H42ClF2N7O5. The number of aliphatic carboxylic acids is 1. The zero-order valence-electron chi connectivity index (χ0n) is 31.6. The average molecular weight is 786 g/mol. The quantitative estimate of drug-likeness (QED) is 0.149. The van der Waals surface area contributed by atoms with E-state index in [2.05, 4.69) is 26.3 Å². The lowest BCUT2D eigenvalue weighted by Crippen LogP contribution is -2.38. The molecule has 15 heteroatoms. The molecule has 0 amide bonds. The molecule has 0 unspecified atom stereocenters. The van der Waals surface area contributed by atoms with Crippen LogP contribution in [0.4, 0.5) is 20.3 Å². The van der Waals surface area contributed by atoms with E-state index in [-0.39, 0.29) is 22.3 Å². The second kappa shape index (κ2) is 14.1. The zero-order valence-corrected chi connectivity index (χ0v) is 32.3. The fourth-order valence-electron chi connectivity index (χ4n) is 9.24. The molecule has 2 aromatic carbocycles. The Labute approximate surface area is 326 Å². The fraction of sp³-hybridized carbons (Fsp3) is 0.415. The first-order valence-corrected chi connectivity index (χ1v) is 19.1. The van der Waals surface area contributed by atoms with E-state index >= 15 is 0 Å². The molecule has 3 aromatic heterocycles. The second-order valence-corrected chi connectivity index (χ2v) is 16.0. The molecule has 12 nitrogen and oxygen atoms in total. The molecule has 2 fully saturated rings. The number of anilines is 2. The van der Waals surface area contributed by atoms with Crippen LogP contribution in [0.25, 0.3) is 33.4 Å². The highest BCUT2D eigenvalue weighted by Gasteiger charge is 2.57. The van der Waals surface area contributed by atoms with E-state index in [9.17, 15) is 28.3 Å². The highest BCUT2D eigenvalue weighted by molar-refractivity contribution is 6.36. The Balaban J connectivity index is 1.10. The van der Waals surface area contributed by atoms with Crippen LogP contribution in [0.3, 0.4) is 0 Å². The summed E-state index contributed by atoms with van der Waals surface area (Å²) in [6, 6.07) is 13.2. The van der Waals surface area contributed by atoms with Crippen molar-refractivity contribution in [2.24, 2.45) is 24.9 Å². The number of hydrogen-bond acceptors (Lipinski definition) is 9. The van der Waals surface area contributed by atoms with E-state index in [1.165, 1.54) is 14.1 Å². The predicted molar refractivity (Wildman–Crippen MR) is 209 cm³/mol. The highest BCUT2D eigenvalue weighted by Crippen LogP contribution is 2.63. The molecule has 8 rings (SSSR count). The largest absolute Gasteiger partial charge is 0.481 e. The molecule has 2 saturated carbocycles. The predicted octanol–water partition coefficient (Wildman–Crippen LogP) is 7.19. The molecule has 0 radical (unpaired) electrons. The number of pyridine rings is 1. The van der Waals surface area contributed by atoms with Gasteiger partial charge in [0.05, 0.1) is 23.2 Å². The first-order chi connectivity index (χ1) is 26.7. The number of rotatable bonds is 10. The normalized spacial score (nSPS) is 20.5. The van der Waals surface area contributed by atoms with Crippen molar-refractivity contribution >= 4 is 40.1 Å². The number of ether oxygens (including phenoxy) is 1. The summed E-state index contributed by atoms with van der Waals surface area (Å²) >= 11 is 7.23. The van der Waals surface area contributed by atoms with E-state index in [0.717, 1.165) is 83.9 Å². The average Bonchev–Trinajstić information content (AvgIpc) is 3.77. The lowest BCUT2D eigenvalue weighted by atomic mass is 9.80. The topological polar surface area (TPSA) is 144 Å². The Morgan fingerprint density at radius 1 is 1.02 bits per heavy atom. The molecule has 5 aromatic rings. The maximum absolute atomic E-state index is 14.0. The Hall–Kier alpha value is -5.21. The zero-order chi connectivity index (χ0) is 39.7. The van der Waals surface area contributed by atoms with Gasteiger partial charge in [0.2, 0.25) is 5.88 Å². The van der Waals surface area contributed by atoms with Crippen LogP contribution < -0.4 is 21.3 Å². The molecule has 2 N–H and O–H groups in total. The second-order valence-electron chi connectivity index (χ2n) is 15.6. The first-order valence-electron chi connectivity index (χ1n) is 18.7. The van der Waals surface area contributed by atoms with E-state index in [4.69, 9.17) is 21.3 Å². The standard InChI is InChI=1S/C41H42ClF2N7O5/c1-22-24(7-6-10-28(22)45-33-30-35(48-34(47-33)32(43)44)49(2)39(55)50(3)37(30)52)26-8-5-9-27(31(26)42)29-19-23-20-51(17-11-25(23)36(46-29)56-4)18-16-40-12-14-41(21-40,15-13-40)38(53)54/h5-10,19,32H,11-18,20-21H2,1-4H3,(H,53,54)(H,45,47,48). The number of nitrogens with one attached hydrogen (secondary N) is 1. The minimum Gasteiger partial charge on any atom is -0.481 e. The Morgan fingerprint density at radius 2 is 1.73 bits per heavy atom. The fourth-order valence-corrected chi connectivity index (χ4v) is 9.56. The van der Waals surface area contributed by atoms with Gasteiger partial charge in [0.25, 0.3) is 12.0 Å². The van der Waals surface area contributed by atoms with Crippen LogP contribution in [0.2, 0.25) is 5.02 Å². The number of benzene rings is 2.